The van der Waals surface area contributed by atoms with E-state index in [2.05, 4.69) is 10.6 Å². The Morgan fingerprint density at radius 1 is 1.18 bits per heavy atom. The fourth-order valence-corrected chi connectivity index (χ4v) is 3.13. The van der Waals surface area contributed by atoms with E-state index < -0.39 is 0 Å². The first kappa shape index (κ1) is 19.4. The number of nitrogens with zero attached hydrogens (tertiary/aromatic N) is 1. The summed E-state index contributed by atoms with van der Waals surface area (Å²) in [6.07, 6.45) is 0.205. The summed E-state index contributed by atoms with van der Waals surface area (Å²) in [4.78, 5) is 37.5. The Morgan fingerprint density at radius 3 is 2.61 bits per heavy atom. The molecule has 7 nitrogen and oxygen atoms in total. The molecule has 3 amide bonds. The normalized spacial score (nSPS) is 16.0. The maximum absolute atomic E-state index is 12.2. The summed E-state index contributed by atoms with van der Waals surface area (Å²) in [5.74, 6) is -0.274. The van der Waals surface area contributed by atoms with Gasteiger partial charge in [-0.2, -0.15) is 0 Å². The molecule has 0 radical (unpaired) electrons. The Kier molecular flexibility index (Phi) is 5.93. The van der Waals surface area contributed by atoms with E-state index in [-0.39, 0.29) is 36.7 Å². The third-order valence-corrected chi connectivity index (χ3v) is 4.56. The predicted octanol–water partition coefficient (Wildman–Crippen LogP) is 2.11. The highest BCUT2D eigenvalue weighted by Gasteiger charge is 2.34. The van der Waals surface area contributed by atoms with Gasteiger partial charge < -0.3 is 20.3 Å². The molecule has 0 unspecified atom stereocenters. The van der Waals surface area contributed by atoms with Crippen molar-refractivity contribution < 1.29 is 19.1 Å². The van der Waals surface area contributed by atoms with Crippen LogP contribution in [0.15, 0.2) is 48.5 Å². The summed E-state index contributed by atoms with van der Waals surface area (Å²) < 4.78 is 5.51. The van der Waals surface area contributed by atoms with Crippen molar-refractivity contribution in [3.63, 3.8) is 0 Å². The summed E-state index contributed by atoms with van der Waals surface area (Å²) in [6.45, 7) is 2.20. The van der Waals surface area contributed by atoms with Gasteiger partial charge in [0, 0.05) is 31.4 Å². The summed E-state index contributed by atoms with van der Waals surface area (Å²) in [7, 11) is 1.57. The molecule has 28 heavy (non-hydrogen) atoms. The number of rotatable bonds is 6. The summed E-state index contributed by atoms with van der Waals surface area (Å²) >= 11 is 0. The van der Waals surface area contributed by atoms with Gasteiger partial charge in [-0.05, 0) is 48.9 Å². The van der Waals surface area contributed by atoms with Crippen LogP contribution in [0.3, 0.4) is 0 Å². The van der Waals surface area contributed by atoms with Crippen molar-refractivity contribution in [3.8, 4) is 5.75 Å². The average Bonchev–Trinajstić information content (AvgIpc) is 3.08. The van der Waals surface area contributed by atoms with Crippen molar-refractivity contribution in [2.45, 2.75) is 13.3 Å². The van der Waals surface area contributed by atoms with Crippen molar-refractivity contribution in [2.24, 2.45) is 5.92 Å². The Hall–Kier alpha value is -3.35. The van der Waals surface area contributed by atoms with Gasteiger partial charge in [0.05, 0.1) is 5.92 Å². The van der Waals surface area contributed by atoms with Crippen molar-refractivity contribution in [3.05, 3.63) is 54.1 Å². The van der Waals surface area contributed by atoms with E-state index in [1.54, 1.807) is 36.2 Å². The number of hydrogen-bond acceptors (Lipinski definition) is 4. The van der Waals surface area contributed by atoms with Crippen LogP contribution in [0.2, 0.25) is 0 Å². The fourth-order valence-electron chi connectivity index (χ4n) is 3.13. The Morgan fingerprint density at radius 2 is 1.93 bits per heavy atom. The number of carbonyl (C=O) groups excluding carboxylic acids is 3. The number of nitrogens with one attached hydrogen (secondary N) is 2. The lowest BCUT2D eigenvalue weighted by atomic mass is 10.1. The maximum Gasteiger partial charge on any atom is 0.262 e. The Bertz CT molecular complexity index is 879. The summed E-state index contributed by atoms with van der Waals surface area (Å²) in [5.41, 5.74) is 2.49. The average molecular weight is 381 g/mol. The first-order chi connectivity index (χ1) is 13.5. The lowest BCUT2D eigenvalue weighted by Crippen LogP contribution is -2.30. The molecule has 1 saturated heterocycles. The van der Waals surface area contributed by atoms with Crippen molar-refractivity contribution >= 4 is 29.1 Å². The number of amides is 3. The smallest absolute Gasteiger partial charge is 0.262 e. The molecule has 1 aliphatic rings. The minimum Gasteiger partial charge on any atom is -0.484 e. The molecule has 0 aromatic heterocycles. The Balaban J connectivity index is 1.54. The molecule has 2 aromatic rings. The van der Waals surface area contributed by atoms with E-state index >= 15 is 0 Å². The fraction of sp³-hybridized carbons (Fsp3) is 0.286. The molecule has 0 aliphatic carbocycles. The molecule has 2 aromatic carbocycles. The topological polar surface area (TPSA) is 87.7 Å². The van der Waals surface area contributed by atoms with E-state index in [0.29, 0.717) is 18.0 Å². The monoisotopic (exact) mass is 381 g/mol. The van der Waals surface area contributed by atoms with Crippen LogP contribution in [0.5, 0.6) is 5.75 Å². The van der Waals surface area contributed by atoms with E-state index in [1.165, 1.54) is 0 Å². The van der Waals surface area contributed by atoms with E-state index in [9.17, 15) is 14.4 Å². The van der Waals surface area contributed by atoms with Crippen LogP contribution in [-0.2, 0) is 14.4 Å². The lowest BCUT2D eigenvalue weighted by molar-refractivity contribution is -0.125. The number of ether oxygens (including phenoxy) is 1. The molecule has 1 aliphatic heterocycles. The van der Waals surface area contributed by atoms with Gasteiger partial charge >= 0.3 is 0 Å². The molecular formula is C21H23N3O4. The van der Waals surface area contributed by atoms with E-state index in [1.807, 2.05) is 31.2 Å². The van der Waals surface area contributed by atoms with E-state index in [0.717, 1.165) is 11.3 Å². The second kappa shape index (κ2) is 8.56. The highest BCUT2D eigenvalue weighted by molar-refractivity contribution is 6.00. The van der Waals surface area contributed by atoms with Crippen molar-refractivity contribution in [2.75, 3.05) is 30.4 Å². The maximum atomic E-state index is 12.2. The van der Waals surface area contributed by atoms with Gasteiger partial charge in [-0.15, -0.1) is 0 Å². The minimum absolute atomic E-state index is 0.0835. The van der Waals surface area contributed by atoms with Crippen molar-refractivity contribution in [1.82, 2.24) is 5.32 Å². The zero-order chi connectivity index (χ0) is 20.1. The molecule has 146 valence electrons. The van der Waals surface area contributed by atoms with Gasteiger partial charge in [0.25, 0.3) is 5.91 Å². The SMILES string of the molecule is CNC(=O)[C@H]1CC(=O)N(c2ccc(OCC(=O)Nc3cccc(C)c3)cc2)C1. The highest BCUT2D eigenvalue weighted by Crippen LogP contribution is 2.27. The van der Waals surface area contributed by atoms with Crippen LogP contribution in [0.1, 0.15) is 12.0 Å². The summed E-state index contributed by atoms with van der Waals surface area (Å²) in [6, 6.07) is 14.4. The first-order valence-corrected chi connectivity index (χ1v) is 9.07. The van der Waals surface area contributed by atoms with Crippen LogP contribution in [0, 0.1) is 12.8 Å². The predicted molar refractivity (Wildman–Crippen MR) is 106 cm³/mol. The molecule has 2 N–H and O–H groups in total. The van der Waals surface area contributed by atoms with E-state index in [4.69, 9.17) is 4.74 Å². The molecule has 7 heteroatoms. The van der Waals surface area contributed by atoms with Gasteiger partial charge in [-0.3, -0.25) is 14.4 Å². The standard InChI is InChI=1S/C21H23N3O4/c1-14-4-3-5-16(10-14)23-19(25)13-28-18-8-6-17(7-9-18)24-12-15(11-20(24)26)21(27)22-2/h3-10,15H,11-13H2,1-2H3,(H,22,27)(H,23,25)/t15-/m0/s1. The van der Waals surface area contributed by atoms with Crippen molar-refractivity contribution in [1.29, 1.82) is 0 Å². The second-order valence-corrected chi connectivity index (χ2v) is 6.72. The third kappa shape index (κ3) is 4.68. The minimum atomic E-state index is -0.334. The number of hydrogen-bond donors (Lipinski definition) is 2. The van der Waals surface area contributed by atoms with Gasteiger partial charge in [0.1, 0.15) is 5.75 Å². The second-order valence-electron chi connectivity index (χ2n) is 6.72. The van der Waals surface area contributed by atoms with Crippen LogP contribution in [0.4, 0.5) is 11.4 Å². The van der Waals surface area contributed by atoms with Gasteiger partial charge in [0.2, 0.25) is 11.8 Å². The van der Waals surface area contributed by atoms with Gasteiger partial charge in [-0.1, -0.05) is 12.1 Å². The molecule has 0 bridgehead atoms. The van der Waals surface area contributed by atoms with Gasteiger partial charge in [0.15, 0.2) is 6.61 Å². The highest BCUT2D eigenvalue weighted by atomic mass is 16.5. The van der Waals surface area contributed by atoms with Gasteiger partial charge in [-0.25, -0.2) is 0 Å². The quantitative estimate of drug-likeness (QED) is 0.802. The molecule has 3 rings (SSSR count). The van der Waals surface area contributed by atoms with Crippen LogP contribution in [0.25, 0.3) is 0 Å². The number of benzene rings is 2. The summed E-state index contributed by atoms with van der Waals surface area (Å²) in [5, 5.41) is 5.36. The first-order valence-electron chi connectivity index (χ1n) is 9.07. The Labute approximate surface area is 163 Å². The largest absolute Gasteiger partial charge is 0.484 e. The molecular weight excluding hydrogens is 358 g/mol. The number of aryl methyl sites for hydroxylation is 1. The zero-order valence-corrected chi connectivity index (χ0v) is 15.9. The van der Waals surface area contributed by atoms with Crippen LogP contribution < -0.4 is 20.3 Å². The molecule has 1 heterocycles. The molecule has 0 spiro atoms. The zero-order valence-electron chi connectivity index (χ0n) is 15.9. The van der Waals surface area contributed by atoms with Crippen LogP contribution in [-0.4, -0.2) is 37.9 Å². The molecule has 1 fully saturated rings. The molecule has 1 atom stereocenters. The number of anilines is 2. The molecule has 0 saturated carbocycles. The number of carbonyl (C=O) groups is 3. The third-order valence-electron chi connectivity index (χ3n) is 4.56. The lowest BCUT2D eigenvalue weighted by Gasteiger charge is -2.17. The van der Waals surface area contributed by atoms with Crippen LogP contribution >= 0.6 is 0 Å².